The van der Waals surface area contributed by atoms with E-state index in [0.29, 0.717) is 22.6 Å². The van der Waals surface area contributed by atoms with Crippen LogP contribution < -0.4 is 4.83 Å². The predicted molar refractivity (Wildman–Crippen MR) is 91.4 cm³/mol. The normalized spacial score (nSPS) is 11.5. The number of rotatable bonds is 6. The Bertz CT molecular complexity index is 831. The Morgan fingerprint density at radius 1 is 1.22 bits per heavy atom. The first-order chi connectivity index (χ1) is 10.9. The summed E-state index contributed by atoms with van der Waals surface area (Å²) in [6.45, 7) is 3.62. The Balaban J connectivity index is 2.17. The molecular formula is C16H15ClN2O3S. The molecule has 0 fully saturated rings. The van der Waals surface area contributed by atoms with Gasteiger partial charge in [0.25, 0.3) is 10.0 Å². The molecule has 0 aliphatic carbocycles. The second kappa shape index (κ2) is 7.30. The molecule has 5 nitrogen and oxygen atoms in total. The van der Waals surface area contributed by atoms with Crippen molar-refractivity contribution in [1.29, 1.82) is 0 Å². The van der Waals surface area contributed by atoms with Crippen molar-refractivity contribution < 1.29 is 13.5 Å². The number of halogens is 1. The summed E-state index contributed by atoms with van der Waals surface area (Å²) in [5, 5.41) is 14.2. The molecule has 2 aromatic carbocycles. The van der Waals surface area contributed by atoms with Crippen molar-refractivity contribution in [3.8, 4) is 5.75 Å². The van der Waals surface area contributed by atoms with Gasteiger partial charge >= 0.3 is 0 Å². The molecule has 0 amide bonds. The van der Waals surface area contributed by atoms with Crippen LogP contribution in [0.4, 0.5) is 0 Å². The number of hydrogen-bond acceptors (Lipinski definition) is 4. The summed E-state index contributed by atoms with van der Waals surface area (Å²) in [4.78, 5) is 2.13. The third-order valence-corrected chi connectivity index (χ3v) is 4.51. The highest BCUT2D eigenvalue weighted by molar-refractivity contribution is 7.89. The van der Waals surface area contributed by atoms with Crippen LogP contribution in [-0.2, 0) is 16.4 Å². The minimum absolute atomic E-state index is 0.0434. The third kappa shape index (κ3) is 4.34. The van der Waals surface area contributed by atoms with Gasteiger partial charge in [0.05, 0.1) is 11.1 Å². The van der Waals surface area contributed by atoms with Crippen LogP contribution in [0.3, 0.4) is 0 Å². The minimum atomic E-state index is -3.78. The monoisotopic (exact) mass is 350 g/mol. The van der Waals surface area contributed by atoms with E-state index in [-0.39, 0.29) is 10.6 Å². The van der Waals surface area contributed by atoms with Gasteiger partial charge in [-0.3, -0.25) is 0 Å². The standard InChI is InChI=1S/C16H15ClN2O3S/c1-2-4-12-5-3-6-13(16(12)20)11-18-19-23(21,22)15-9-7-14(17)8-10-15/h2-3,5-11,19-20H,1,4H2/b18-11+. The van der Waals surface area contributed by atoms with Gasteiger partial charge in [-0.2, -0.15) is 13.5 Å². The lowest BCUT2D eigenvalue weighted by Crippen LogP contribution is -2.18. The average molecular weight is 351 g/mol. The van der Waals surface area contributed by atoms with Crippen LogP contribution in [0.1, 0.15) is 11.1 Å². The van der Waals surface area contributed by atoms with Gasteiger partial charge in [-0.1, -0.05) is 29.8 Å². The highest BCUT2D eigenvalue weighted by Crippen LogP contribution is 2.21. The second-order valence-corrected chi connectivity index (χ2v) is 6.75. The van der Waals surface area contributed by atoms with E-state index in [1.807, 2.05) is 0 Å². The SMILES string of the molecule is C=CCc1cccc(/C=N/NS(=O)(=O)c2ccc(Cl)cc2)c1O. The molecule has 0 spiro atoms. The van der Waals surface area contributed by atoms with Crippen molar-refractivity contribution in [1.82, 2.24) is 4.83 Å². The molecule has 0 radical (unpaired) electrons. The smallest absolute Gasteiger partial charge is 0.276 e. The Labute approximate surface area is 140 Å². The summed E-state index contributed by atoms with van der Waals surface area (Å²) in [6, 6.07) is 10.8. The molecule has 23 heavy (non-hydrogen) atoms. The first-order valence-electron chi connectivity index (χ1n) is 6.66. The van der Waals surface area contributed by atoms with Crippen molar-refractivity contribution in [2.24, 2.45) is 5.10 Å². The van der Waals surface area contributed by atoms with Crippen LogP contribution >= 0.6 is 11.6 Å². The summed E-state index contributed by atoms with van der Waals surface area (Å²) in [5.74, 6) is 0.0434. The van der Waals surface area contributed by atoms with Gasteiger partial charge in [0.15, 0.2) is 0 Å². The number of allylic oxidation sites excluding steroid dienone is 1. The molecule has 0 heterocycles. The highest BCUT2D eigenvalue weighted by Gasteiger charge is 2.12. The van der Waals surface area contributed by atoms with Crippen molar-refractivity contribution in [2.45, 2.75) is 11.3 Å². The van der Waals surface area contributed by atoms with Crippen LogP contribution in [0, 0.1) is 0 Å². The summed E-state index contributed by atoms with van der Waals surface area (Å²) >= 11 is 5.72. The fourth-order valence-corrected chi connectivity index (χ4v) is 2.78. The molecule has 0 bridgehead atoms. The van der Waals surface area contributed by atoms with Crippen molar-refractivity contribution >= 4 is 27.8 Å². The number of phenols is 1. The molecule has 0 aliphatic rings. The molecule has 0 atom stereocenters. The Hall–Kier alpha value is -2.31. The minimum Gasteiger partial charge on any atom is -0.507 e. The number of hydrazone groups is 1. The number of phenolic OH excluding ortho intramolecular Hbond substituents is 1. The summed E-state index contributed by atoms with van der Waals surface area (Å²) in [5.41, 5.74) is 1.09. The highest BCUT2D eigenvalue weighted by atomic mass is 35.5. The van der Waals surface area contributed by atoms with E-state index in [1.165, 1.54) is 30.5 Å². The van der Waals surface area contributed by atoms with Crippen molar-refractivity contribution in [2.75, 3.05) is 0 Å². The molecule has 120 valence electrons. The van der Waals surface area contributed by atoms with Crippen LogP contribution in [0.15, 0.2) is 65.1 Å². The Kier molecular flexibility index (Phi) is 5.41. The molecule has 2 aromatic rings. The number of aromatic hydroxyl groups is 1. The lowest BCUT2D eigenvalue weighted by molar-refractivity contribution is 0.469. The zero-order valence-electron chi connectivity index (χ0n) is 12.1. The van der Waals surface area contributed by atoms with Gasteiger partial charge in [-0.25, -0.2) is 4.83 Å². The fraction of sp³-hybridized carbons (Fsp3) is 0.0625. The molecule has 0 aliphatic heterocycles. The molecule has 7 heteroatoms. The first-order valence-corrected chi connectivity index (χ1v) is 8.52. The maximum absolute atomic E-state index is 12.0. The van der Waals surface area contributed by atoms with Crippen LogP contribution in [0.2, 0.25) is 5.02 Å². The lowest BCUT2D eigenvalue weighted by Gasteiger charge is -2.05. The van der Waals surface area contributed by atoms with Gasteiger partial charge in [0, 0.05) is 10.6 Å². The van der Waals surface area contributed by atoms with E-state index in [2.05, 4.69) is 16.5 Å². The maximum Gasteiger partial charge on any atom is 0.276 e. The lowest BCUT2D eigenvalue weighted by atomic mass is 10.1. The third-order valence-electron chi connectivity index (χ3n) is 3.02. The van der Waals surface area contributed by atoms with E-state index in [0.717, 1.165) is 0 Å². The van der Waals surface area contributed by atoms with Gasteiger partial charge in [-0.15, -0.1) is 6.58 Å². The maximum atomic E-state index is 12.0. The van der Waals surface area contributed by atoms with Gasteiger partial charge < -0.3 is 5.11 Å². The van der Waals surface area contributed by atoms with Crippen LogP contribution in [0.25, 0.3) is 0 Å². The number of benzene rings is 2. The summed E-state index contributed by atoms with van der Waals surface area (Å²) in [7, 11) is -3.78. The van der Waals surface area contributed by atoms with Crippen molar-refractivity contribution in [3.05, 3.63) is 71.3 Å². The molecule has 2 N–H and O–H groups in total. The van der Waals surface area contributed by atoms with Crippen LogP contribution in [-0.4, -0.2) is 19.7 Å². The largest absolute Gasteiger partial charge is 0.507 e. The van der Waals surface area contributed by atoms with E-state index in [9.17, 15) is 13.5 Å². The topological polar surface area (TPSA) is 78.8 Å². The molecule has 0 aromatic heterocycles. The predicted octanol–water partition coefficient (Wildman–Crippen LogP) is 3.09. The second-order valence-electron chi connectivity index (χ2n) is 4.65. The fourth-order valence-electron chi connectivity index (χ4n) is 1.87. The number of nitrogens with one attached hydrogen (secondary N) is 1. The first kappa shape index (κ1) is 17.1. The van der Waals surface area contributed by atoms with E-state index >= 15 is 0 Å². The van der Waals surface area contributed by atoms with Crippen molar-refractivity contribution in [3.63, 3.8) is 0 Å². The molecule has 0 saturated carbocycles. The molecule has 0 unspecified atom stereocenters. The zero-order chi connectivity index (χ0) is 16.9. The Morgan fingerprint density at radius 3 is 2.57 bits per heavy atom. The molecular weight excluding hydrogens is 336 g/mol. The Morgan fingerprint density at radius 2 is 1.91 bits per heavy atom. The summed E-state index contributed by atoms with van der Waals surface area (Å²) in [6.07, 6.45) is 3.42. The average Bonchev–Trinajstić information content (AvgIpc) is 2.51. The van der Waals surface area contributed by atoms with E-state index in [1.54, 1.807) is 24.3 Å². The number of nitrogens with zero attached hydrogens (tertiary/aromatic N) is 1. The van der Waals surface area contributed by atoms with Gasteiger partial charge in [0.2, 0.25) is 0 Å². The zero-order valence-corrected chi connectivity index (χ0v) is 13.7. The summed E-state index contributed by atoms with van der Waals surface area (Å²) < 4.78 is 24.1. The van der Waals surface area contributed by atoms with Gasteiger partial charge in [-0.05, 0) is 42.3 Å². The van der Waals surface area contributed by atoms with Crippen LogP contribution in [0.5, 0.6) is 5.75 Å². The number of para-hydroxylation sites is 1. The van der Waals surface area contributed by atoms with E-state index < -0.39 is 10.0 Å². The van der Waals surface area contributed by atoms with E-state index in [4.69, 9.17) is 11.6 Å². The number of sulfonamides is 1. The molecule has 2 rings (SSSR count). The number of hydrogen-bond donors (Lipinski definition) is 2. The molecule has 0 saturated heterocycles. The quantitative estimate of drug-likeness (QED) is 0.477. The van der Waals surface area contributed by atoms with Gasteiger partial charge in [0.1, 0.15) is 5.75 Å².